The molecule has 0 saturated carbocycles. The number of pyridine rings is 1. The molecule has 0 unspecified atom stereocenters. The smallest absolute Gasteiger partial charge is 0.257 e. The lowest BCUT2D eigenvalue weighted by Gasteiger charge is -2.31. The van der Waals surface area contributed by atoms with Gasteiger partial charge in [-0.15, -0.1) is 0 Å². The maximum Gasteiger partial charge on any atom is 0.257 e. The topological polar surface area (TPSA) is 90.3 Å². The number of carbonyl (C=O) groups excluding carboxylic acids is 1. The van der Waals surface area contributed by atoms with Crippen molar-refractivity contribution in [2.75, 3.05) is 32.0 Å². The quantitative estimate of drug-likeness (QED) is 0.459. The van der Waals surface area contributed by atoms with Gasteiger partial charge in [-0.2, -0.15) is 0 Å². The van der Waals surface area contributed by atoms with Crippen LogP contribution in [0, 0.1) is 17.1 Å². The molecule has 3 heterocycles. The number of amides is 1. The number of rotatable bonds is 7. The van der Waals surface area contributed by atoms with Crippen molar-refractivity contribution in [3.05, 3.63) is 71.2 Å². The Morgan fingerprint density at radius 1 is 1.24 bits per heavy atom. The third-order valence-corrected chi connectivity index (χ3v) is 6.31. The summed E-state index contributed by atoms with van der Waals surface area (Å²) in [6.45, 7) is 4.58. The molecule has 7 nitrogen and oxygen atoms in total. The van der Waals surface area contributed by atoms with E-state index in [-0.39, 0.29) is 11.5 Å². The molecule has 174 valence electrons. The van der Waals surface area contributed by atoms with Crippen molar-refractivity contribution in [1.29, 1.82) is 5.41 Å². The van der Waals surface area contributed by atoms with Crippen LogP contribution in [0.15, 0.2) is 48.7 Å². The summed E-state index contributed by atoms with van der Waals surface area (Å²) in [7, 11) is 1.80. The first-order valence-electron chi connectivity index (χ1n) is 11.3. The van der Waals surface area contributed by atoms with Gasteiger partial charge in [-0.05, 0) is 42.8 Å². The summed E-state index contributed by atoms with van der Waals surface area (Å²) >= 11 is 0. The summed E-state index contributed by atoms with van der Waals surface area (Å²) in [6, 6.07) is 12.2. The monoisotopic (exact) mass is 459 g/mol. The first-order valence-corrected chi connectivity index (χ1v) is 11.3. The highest BCUT2D eigenvalue weighted by Gasteiger charge is 2.33. The molecule has 0 spiro atoms. The summed E-state index contributed by atoms with van der Waals surface area (Å²) in [6.07, 6.45) is 1.62. The highest BCUT2D eigenvalue weighted by Crippen LogP contribution is 2.33. The van der Waals surface area contributed by atoms with E-state index >= 15 is 0 Å². The molecule has 2 aliphatic heterocycles. The Hall–Kier alpha value is -3.78. The summed E-state index contributed by atoms with van der Waals surface area (Å²) < 4.78 is 21.0. The number of halogens is 1. The normalized spacial score (nSPS) is 15.1. The van der Waals surface area contributed by atoms with E-state index in [4.69, 9.17) is 10.1 Å². The number of nitrogens with zero attached hydrogens (tertiary/aromatic N) is 2. The maximum atomic E-state index is 15.0. The number of hydrogen-bond donors (Lipinski definition) is 3. The number of benzene rings is 2. The minimum absolute atomic E-state index is 0.171. The maximum absolute atomic E-state index is 15.0. The Kier molecular flexibility index (Phi) is 5.75. The van der Waals surface area contributed by atoms with Gasteiger partial charge in [0.1, 0.15) is 17.3 Å². The van der Waals surface area contributed by atoms with E-state index in [0.717, 1.165) is 24.3 Å². The van der Waals surface area contributed by atoms with E-state index in [1.807, 2.05) is 18.2 Å². The highest BCUT2D eigenvalue weighted by atomic mass is 19.1. The van der Waals surface area contributed by atoms with E-state index < -0.39 is 5.82 Å². The van der Waals surface area contributed by atoms with E-state index in [1.165, 1.54) is 6.07 Å². The Balaban J connectivity index is 1.39. The summed E-state index contributed by atoms with van der Waals surface area (Å²) in [5.74, 6) is 0.841. The van der Waals surface area contributed by atoms with Crippen LogP contribution in [0.25, 0.3) is 11.3 Å². The molecule has 34 heavy (non-hydrogen) atoms. The Morgan fingerprint density at radius 2 is 2.03 bits per heavy atom. The molecule has 3 aromatic rings. The van der Waals surface area contributed by atoms with Crippen molar-refractivity contribution < 1.29 is 13.9 Å². The Labute approximate surface area is 197 Å². The van der Waals surface area contributed by atoms with Crippen LogP contribution in [0.4, 0.5) is 10.1 Å². The van der Waals surface area contributed by atoms with Crippen molar-refractivity contribution in [2.45, 2.75) is 13.5 Å². The van der Waals surface area contributed by atoms with Crippen LogP contribution in [-0.4, -0.2) is 48.2 Å². The van der Waals surface area contributed by atoms with Gasteiger partial charge in [-0.3, -0.25) is 9.78 Å². The van der Waals surface area contributed by atoms with Crippen molar-refractivity contribution in [1.82, 2.24) is 15.2 Å². The number of aromatic nitrogens is 1. The third kappa shape index (κ3) is 4.12. The molecular weight excluding hydrogens is 433 g/mol. The van der Waals surface area contributed by atoms with Gasteiger partial charge in [-0.25, -0.2) is 4.39 Å². The number of ether oxygens (including phenoxy) is 1. The molecule has 1 saturated heterocycles. The van der Waals surface area contributed by atoms with Crippen molar-refractivity contribution in [2.24, 2.45) is 5.92 Å². The molecule has 1 aromatic heterocycles. The SMILES string of the molecule is CNc1cc(Oc2ccnc(-c3cc(F)c4c(c3)CN(CC3CNC3)C4=O)c2)ccc1C(C)=N. The first-order chi connectivity index (χ1) is 16.4. The van der Waals surface area contributed by atoms with Gasteiger partial charge >= 0.3 is 0 Å². The number of carbonyl (C=O) groups is 1. The lowest BCUT2D eigenvalue weighted by atomic mass is 10.0. The molecule has 0 bridgehead atoms. The van der Waals surface area contributed by atoms with Gasteiger partial charge in [-0.1, -0.05) is 0 Å². The minimum atomic E-state index is -0.517. The molecule has 3 N–H and O–H groups in total. The lowest BCUT2D eigenvalue weighted by Crippen LogP contribution is -2.48. The zero-order chi connectivity index (χ0) is 23.8. The van der Waals surface area contributed by atoms with Crippen molar-refractivity contribution >= 4 is 17.3 Å². The second-order valence-corrected chi connectivity index (χ2v) is 8.76. The molecule has 2 aliphatic rings. The summed E-state index contributed by atoms with van der Waals surface area (Å²) in [5, 5.41) is 14.2. The fourth-order valence-corrected chi connectivity index (χ4v) is 4.44. The fraction of sp³-hybridized carbons (Fsp3) is 0.269. The van der Waals surface area contributed by atoms with Crippen molar-refractivity contribution in [3.8, 4) is 22.8 Å². The van der Waals surface area contributed by atoms with Gasteiger partial charge in [0.2, 0.25) is 0 Å². The molecule has 0 atom stereocenters. The number of nitrogens with one attached hydrogen (secondary N) is 3. The van der Waals surface area contributed by atoms with Crippen LogP contribution in [0.5, 0.6) is 11.5 Å². The number of anilines is 1. The van der Waals surface area contributed by atoms with Crippen LogP contribution in [0.2, 0.25) is 0 Å². The van der Waals surface area contributed by atoms with Gasteiger partial charge in [0.05, 0.1) is 11.3 Å². The third-order valence-electron chi connectivity index (χ3n) is 6.31. The predicted octanol–water partition coefficient (Wildman–Crippen LogP) is 4.28. The zero-order valence-corrected chi connectivity index (χ0v) is 19.1. The molecule has 1 amide bonds. The largest absolute Gasteiger partial charge is 0.457 e. The van der Waals surface area contributed by atoms with Gasteiger partial charge in [0.15, 0.2) is 0 Å². The second kappa shape index (κ2) is 8.87. The minimum Gasteiger partial charge on any atom is -0.457 e. The molecule has 8 heteroatoms. The molecule has 0 aliphatic carbocycles. The van der Waals surface area contributed by atoms with Gasteiger partial charge in [0, 0.05) is 80.0 Å². The lowest BCUT2D eigenvalue weighted by molar-refractivity contribution is 0.0729. The zero-order valence-electron chi connectivity index (χ0n) is 19.1. The standard InChI is InChI=1S/C26H26FN5O2/c1-15(28)21-4-3-19(10-24(21)29-2)34-20-5-6-31-23(9-20)17-7-18-14-32(13-16-11-30-12-16)26(33)25(18)22(27)8-17/h3-10,16,28-30H,11-14H2,1-2H3. The van der Waals surface area contributed by atoms with E-state index in [1.54, 1.807) is 43.3 Å². The summed E-state index contributed by atoms with van der Waals surface area (Å²) in [4.78, 5) is 18.9. The van der Waals surface area contributed by atoms with Crippen LogP contribution in [0.3, 0.4) is 0 Å². The van der Waals surface area contributed by atoms with Crippen LogP contribution < -0.4 is 15.4 Å². The molecule has 5 rings (SSSR count). The Morgan fingerprint density at radius 3 is 2.74 bits per heavy atom. The molecular formula is C26H26FN5O2. The Bertz CT molecular complexity index is 1290. The second-order valence-electron chi connectivity index (χ2n) is 8.76. The number of fused-ring (bicyclic) bond motifs is 1. The van der Waals surface area contributed by atoms with Gasteiger partial charge < -0.3 is 25.7 Å². The predicted molar refractivity (Wildman–Crippen MR) is 129 cm³/mol. The van der Waals surface area contributed by atoms with E-state index in [2.05, 4.69) is 15.6 Å². The van der Waals surface area contributed by atoms with Crippen LogP contribution in [0.1, 0.15) is 28.4 Å². The number of hydrogen-bond acceptors (Lipinski definition) is 6. The van der Waals surface area contributed by atoms with Crippen molar-refractivity contribution in [3.63, 3.8) is 0 Å². The molecule has 0 radical (unpaired) electrons. The highest BCUT2D eigenvalue weighted by molar-refractivity contribution is 6.01. The average Bonchev–Trinajstić information content (AvgIpc) is 3.11. The van der Waals surface area contributed by atoms with Crippen LogP contribution in [-0.2, 0) is 6.54 Å². The van der Waals surface area contributed by atoms with Crippen LogP contribution >= 0.6 is 0 Å². The van der Waals surface area contributed by atoms with Gasteiger partial charge in [0.25, 0.3) is 5.91 Å². The van der Waals surface area contributed by atoms with E-state index in [0.29, 0.717) is 53.0 Å². The average molecular weight is 460 g/mol. The fourth-order valence-electron chi connectivity index (χ4n) is 4.44. The molecule has 2 aromatic carbocycles. The molecule has 1 fully saturated rings. The summed E-state index contributed by atoms with van der Waals surface area (Å²) in [5.41, 5.74) is 4.09. The van der Waals surface area contributed by atoms with E-state index in [9.17, 15) is 9.18 Å². The first kappa shape index (κ1) is 22.0.